The first-order chi connectivity index (χ1) is 11.6. The van der Waals surface area contributed by atoms with Crippen molar-refractivity contribution in [2.24, 2.45) is 0 Å². The number of nitrogens with zero attached hydrogens (tertiary/aromatic N) is 1. The summed E-state index contributed by atoms with van der Waals surface area (Å²) >= 11 is 0. The summed E-state index contributed by atoms with van der Waals surface area (Å²) in [5.41, 5.74) is 3.17. The molecular formula is C19H25N3O2. The van der Waals surface area contributed by atoms with E-state index in [2.05, 4.69) is 53.7 Å². The van der Waals surface area contributed by atoms with E-state index in [1.165, 1.54) is 5.56 Å². The maximum atomic E-state index is 12.2. The molecule has 0 saturated heterocycles. The van der Waals surface area contributed by atoms with Crippen LogP contribution in [0.5, 0.6) is 5.88 Å². The predicted molar refractivity (Wildman–Crippen MR) is 95.0 cm³/mol. The molecule has 128 valence electrons. The van der Waals surface area contributed by atoms with Crippen LogP contribution in [0.25, 0.3) is 0 Å². The molecule has 0 radical (unpaired) electrons. The van der Waals surface area contributed by atoms with E-state index in [9.17, 15) is 4.79 Å². The van der Waals surface area contributed by atoms with Crippen molar-refractivity contribution in [3.63, 3.8) is 0 Å². The van der Waals surface area contributed by atoms with Gasteiger partial charge in [-0.25, -0.2) is 9.78 Å². The van der Waals surface area contributed by atoms with Crippen molar-refractivity contribution in [1.29, 1.82) is 0 Å². The number of amides is 2. The lowest BCUT2D eigenvalue weighted by molar-refractivity contribution is 0.236. The molecule has 0 aliphatic carbocycles. The topological polar surface area (TPSA) is 63.2 Å². The lowest BCUT2D eigenvalue weighted by atomic mass is 10.0. The molecule has 0 spiro atoms. The van der Waals surface area contributed by atoms with Crippen LogP contribution in [0.2, 0.25) is 0 Å². The second-order valence-corrected chi connectivity index (χ2v) is 5.60. The van der Waals surface area contributed by atoms with Gasteiger partial charge < -0.3 is 15.4 Å². The van der Waals surface area contributed by atoms with Crippen molar-refractivity contribution >= 4 is 6.03 Å². The fourth-order valence-corrected chi connectivity index (χ4v) is 2.43. The summed E-state index contributed by atoms with van der Waals surface area (Å²) in [6.45, 7) is 6.93. The zero-order valence-electron chi connectivity index (χ0n) is 14.5. The first-order valence-electron chi connectivity index (χ1n) is 8.31. The van der Waals surface area contributed by atoms with Crippen LogP contribution in [0.1, 0.15) is 43.0 Å². The lowest BCUT2D eigenvalue weighted by Crippen LogP contribution is -2.37. The van der Waals surface area contributed by atoms with Gasteiger partial charge in [0, 0.05) is 18.3 Å². The van der Waals surface area contributed by atoms with Gasteiger partial charge in [0.2, 0.25) is 5.88 Å². The second kappa shape index (κ2) is 8.91. The zero-order chi connectivity index (χ0) is 17.4. The predicted octanol–water partition coefficient (Wildman–Crippen LogP) is 3.74. The molecule has 5 nitrogen and oxygen atoms in total. The summed E-state index contributed by atoms with van der Waals surface area (Å²) < 4.78 is 5.47. The highest BCUT2D eigenvalue weighted by atomic mass is 16.5. The Morgan fingerprint density at radius 2 is 1.96 bits per heavy atom. The molecule has 0 bridgehead atoms. The molecular weight excluding hydrogens is 302 g/mol. The monoisotopic (exact) mass is 327 g/mol. The Morgan fingerprint density at radius 1 is 1.21 bits per heavy atom. The van der Waals surface area contributed by atoms with Crippen LogP contribution < -0.4 is 15.4 Å². The third-order valence-electron chi connectivity index (χ3n) is 3.76. The second-order valence-electron chi connectivity index (χ2n) is 5.60. The SMILES string of the molecule is CCOc1ncccc1CNC(=O)NC(CC)c1ccc(C)cc1. The molecule has 0 fully saturated rings. The van der Waals surface area contributed by atoms with Gasteiger partial charge in [-0.3, -0.25) is 0 Å². The molecule has 1 aromatic heterocycles. The van der Waals surface area contributed by atoms with E-state index in [1.807, 2.05) is 19.1 Å². The third kappa shape index (κ3) is 4.98. The first kappa shape index (κ1) is 17.8. The maximum Gasteiger partial charge on any atom is 0.315 e. The maximum absolute atomic E-state index is 12.2. The fourth-order valence-electron chi connectivity index (χ4n) is 2.43. The number of carbonyl (C=O) groups is 1. The minimum absolute atomic E-state index is 0.00846. The molecule has 1 aromatic carbocycles. The van der Waals surface area contributed by atoms with Gasteiger partial charge in [-0.1, -0.05) is 42.8 Å². The number of carbonyl (C=O) groups excluding carboxylic acids is 1. The average molecular weight is 327 g/mol. The number of benzene rings is 1. The van der Waals surface area contributed by atoms with E-state index in [4.69, 9.17) is 4.74 Å². The van der Waals surface area contributed by atoms with Crippen molar-refractivity contribution in [1.82, 2.24) is 15.6 Å². The van der Waals surface area contributed by atoms with E-state index in [1.54, 1.807) is 6.20 Å². The van der Waals surface area contributed by atoms with Crippen LogP contribution in [0.4, 0.5) is 4.79 Å². The highest BCUT2D eigenvalue weighted by molar-refractivity contribution is 5.74. The molecule has 2 N–H and O–H groups in total. The van der Waals surface area contributed by atoms with Crippen molar-refractivity contribution in [3.8, 4) is 5.88 Å². The van der Waals surface area contributed by atoms with Crippen LogP contribution >= 0.6 is 0 Å². The van der Waals surface area contributed by atoms with E-state index >= 15 is 0 Å². The van der Waals surface area contributed by atoms with Crippen molar-refractivity contribution in [3.05, 3.63) is 59.3 Å². The molecule has 0 aliphatic heterocycles. The van der Waals surface area contributed by atoms with Crippen molar-refractivity contribution in [2.75, 3.05) is 6.61 Å². The van der Waals surface area contributed by atoms with Gasteiger partial charge in [-0.2, -0.15) is 0 Å². The summed E-state index contributed by atoms with van der Waals surface area (Å²) in [4.78, 5) is 16.4. The quantitative estimate of drug-likeness (QED) is 0.814. The van der Waals surface area contributed by atoms with Crippen molar-refractivity contribution in [2.45, 2.75) is 39.8 Å². The number of urea groups is 1. The summed E-state index contributed by atoms with van der Waals surface area (Å²) in [6.07, 6.45) is 2.51. The van der Waals surface area contributed by atoms with E-state index in [0.717, 1.165) is 17.5 Å². The fraction of sp³-hybridized carbons (Fsp3) is 0.368. The van der Waals surface area contributed by atoms with Gasteiger partial charge >= 0.3 is 6.03 Å². The number of aromatic nitrogens is 1. The molecule has 0 saturated carbocycles. The largest absolute Gasteiger partial charge is 0.478 e. The third-order valence-corrected chi connectivity index (χ3v) is 3.76. The van der Waals surface area contributed by atoms with Crippen molar-refractivity contribution < 1.29 is 9.53 Å². The Morgan fingerprint density at radius 3 is 2.62 bits per heavy atom. The number of hydrogen-bond acceptors (Lipinski definition) is 3. The Labute approximate surface area is 143 Å². The molecule has 2 aromatic rings. The summed E-state index contributed by atoms with van der Waals surface area (Å²) in [5, 5.41) is 5.89. The van der Waals surface area contributed by atoms with Gasteiger partial charge in [0.05, 0.1) is 12.6 Å². The van der Waals surface area contributed by atoms with Crippen LogP contribution in [-0.2, 0) is 6.54 Å². The number of ether oxygens (including phenoxy) is 1. The normalized spacial score (nSPS) is 11.6. The minimum Gasteiger partial charge on any atom is -0.478 e. The van der Waals surface area contributed by atoms with Crippen LogP contribution in [0.3, 0.4) is 0 Å². The minimum atomic E-state index is -0.200. The van der Waals surface area contributed by atoms with E-state index in [-0.39, 0.29) is 12.1 Å². The Balaban J connectivity index is 1.93. The lowest BCUT2D eigenvalue weighted by Gasteiger charge is -2.18. The molecule has 1 atom stereocenters. The summed E-state index contributed by atoms with van der Waals surface area (Å²) in [7, 11) is 0. The van der Waals surface area contributed by atoms with Gasteiger partial charge in [-0.05, 0) is 31.9 Å². The van der Waals surface area contributed by atoms with E-state index < -0.39 is 0 Å². The molecule has 5 heteroatoms. The Kier molecular flexibility index (Phi) is 6.61. The molecule has 24 heavy (non-hydrogen) atoms. The Bertz CT molecular complexity index is 656. The standard InChI is InChI=1S/C19H25N3O2/c1-4-17(15-10-8-14(3)9-11-15)22-19(23)21-13-16-7-6-12-20-18(16)24-5-2/h6-12,17H,4-5,13H2,1-3H3,(H2,21,22,23). The Hall–Kier alpha value is -2.56. The number of nitrogens with one attached hydrogen (secondary N) is 2. The van der Waals surface area contributed by atoms with Crippen LogP contribution in [-0.4, -0.2) is 17.6 Å². The zero-order valence-corrected chi connectivity index (χ0v) is 14.5. The molecule has 2 rings (SSSR count). The van der Waals surface area contributed by atoms with Gasteiger partial charge in [0.15, 0.2) is 0 Å². The van der Waals surface area contributed by atoms with Gasteiger partial charge in [0.1, 0.15) is 0 Å². The number of rotatable bonds is 7. The number of pyridine rings is 1. The summed E-state index contributed by atoms with van der Waals surface area (Å²) in [5.74, 6) is 0.561. The van der Waals surface area contributed by atoms with Crippen LogP contribution in [0.15, 0.2) is 42.6 Å². The summed E-state index contributed by atoms with van der Waals surface area (Å²) in [6, 6.07) is 11.7. The number of hydrogen-bond donors (Lipinski definition) is 2. The average Bonchev–Trinajstić information content (AvgIpc) is 2.60. The molecule has 0 aliphatic rings. The molecule has 1 heterocycles. The van der Waals surface area contributed by atoms with Gasteiger partial charge in [0.25, 0.3) is 0 Å². The van der Waals surface area contributed by atoms with Gasteiger partial charge in [-0.15, -0.1) is 0 Å². The number of aryl methyl sites for hydroxylation is 1. The molecule has 1 unspecified atom stereocenters. The molecule has 2 amide bonds. The first-order valence-corrected chi connectivity index (χ1v) is 8.31. The smallest absolute Gasteiger partial charge is 0.315 e. The van der Waals surface area contributed by atoms with E-state index in [0.29, 0.717) is 19.0 Å². The van der Waals surface area contributed by atoms with Crippen LogP contribution in [0, 0.1) is 6.92 Å². The highest BCUT2D eigenvalue weighted by Crippen LogP contribution is 2.17. The highest BCUT2D eigenvalue weighted by Gasteiger charge is 2.13.